The van der Waals surface area contributed by atoms with Gasteiger partial charge in [0.05, 0.1) is 21.8 Å². The molecule has 21 heavy (non-hydrogen) atoms. The number of rotatable bonds is 3. The third-order valence-electron chi connectivity index (χ3n) is 3.35. The van der Waals surface area contributed by atoms with Gasteiger partial charge in [-0.1, -0.05) is 16.8 Å². The monoisotopic (exact) mass is 315 g/mol. The summed E-state index contributed by atoms with van der Waals surface area (Å²) >= 11 is 5.82. The summed E-state index contributed by atoms with van der Waals surface area (Å²) in [4.78, 5) is 12.4. The Hall–Kier alpha value is -1.82. The fourth-order valence-electron chi connectivity index (χ4n) is 2.09. The van der Waals surface area contributed by atoms with Crippen LogP contribution in [-0.2, 0) is 6.18 Å². The number of alkyl halides is 3. The van der Waals surface area contributed by atoms with Crippen molar-refractivity contribution < 1.29 is 22.5 Å². The Kier molecular flexibility index (Phi) is 3.28. The molecule has 0 amide bonds. The molecule has 1 fully saturated rings. The summed E-state index contributed by atoms with van der Waals surface area (Å²) in [6.45, 7) is 0. The van der Waals surface area contributed by atoms with E-state index >= 15 is 0 Å². The molecule has 1 aliphatic rings. The molecule has 2 aromatic rings. The minimum absolute atomic E-state index is 0.00904. The van der Waals surface area contributed by atoms with Crippen LogP contribution in [0.3, 0.4) is 0 Å². The standard InChI is InChI=1S/C14H9ClF3NO2/c15-11-5-8(14(16,17)18)3-4-9(11)13(20)10-6-21-19-12(10)7-1-2-7/h3-7H,1-2H2. The van der Waals surface area contributed by atoms with E-state index in [9.17, 15) is 18.0 Å². The maximum atomic E-state index is 12.6. The molecule has 1 aromatic heterocycles. The molecule has 3 nitrogen and oxygen atoms in total. The lowest BCUT2D eigenvalue weighted by Gasteiger charge is -2.09. The van der Waals surface area contributed by atoms with Gasteiger partial charge in [-0.2, -0.15) is 13.2 Å². The van der Waals surface area contributed by atoms with Crippen molar-refractivity contribution in [1.82, 2.24) is 5.16 Å². The predicted octanol–water partition coefficient (Wildman–Crippen LogP) is 4.46. The molecule has 7 heteroatoms. The molecular weight excluding hydrogens is 307 g/mol. The zero-order valence-corrected chi connectivity index (χ0v) is 11.3. The summed E-state index contributed by atoms with van der Waals surface area (Å²) in [5, 5.41) is 3.55. The third-order valence-corrected chi connectivity index (χ3v) is 3.66. The number of carbonyl (C=O) groups excluding carboxylic acids is 1. The highest BCUT2D eigenvalue weighted by atomic mass is 35.5. The highest BCUT2D eigenvalue weighted by Crippen LogP contribution is 2.41. The molecule has 1 aromatic carbocycles. The minimum atomic E-state index is -4.50. The van der Waals surface area contributed by atoms with Crippen LogP contribution in [-0.4, -0.2) is 10.9 Å². The average molecular weight is 316 g/mol. The van der Waals surface area contributed by atoms with E-state index in [0.717, 1.165) is 31.0 Å². The molecule has 0 spiro atoms. The Labute approximate surface area is 122 Å². The number of hydrogen-bond acceptors (Lipinski definition) is 3. The Morgan fingerprint density at radius 1 is 1.29 bits per heavy atom. The zero-order chi connectivity index (χ0) is 15.2. The van der Waals surface area contributed by atoms with E-state index in [4.69, 9.17) is 16.1 Å². The first-order valence-electron chi connectivity index (χ1n) is 6.23. The smallest absolute Gasteiger partial charge is 0.364 e. The van der Waals surface area contributed by atoms with Crippen molar-refractivity contribution in [3.63, 3.8) is 0 Å². The van der Waals surface area contributed by atoms with Crippen LogP contribution in [0.5, 0.6) is 0 Å². The van der Waals surface area contributed by atoms with Crippen LogP contribution >= 0.6 is 11.6 Å². The number of carbonyl (C=O) groups is 1. The van der Waals surface area contributed by atoms with Gasteiger partial charge in [0, 0.05) is 11.5 Å². The van der Waals surface area contributed by atoms with E-state index in [1.54, 1.807) is 0 Å². The van der Waals surface area contributed by atoms with Crippen LogP contribution in [0, 0.1) is 0 Å². The molecule has 1 saturated carbocycles. The van der Waals surface area contributed by atoms with Crippen LogP contribution in [0.2, 0.25) is 5.02 Å². The van der Waals surface area contributed by atoms with E-state index in [2.05, 4.69) is 5.16 Å². The molecule has 0 aliphatic heterocycles. The van der Waals surface area contributed by atoms with Crippen LogP contribution < -0.4 is 0 Å². The number of halogens is 4. The van der Waals surface area contributed by atoms with Crippen molar-refractivity contribution in [3.8, 4) is 0 Å². The Morgan fingerprint density at radius 2 is 2.00 bits per heavy atom. The fraction of sp³-hybridized carbons (Fsp3) is 0.286. The molecule has 0 radical (unpaired) electrons. The van der Waals surface area contributed by atoms with E-state index in [1.165, 1.54) is 6.26 Å². The summed E-state index contributed by atoms with van der Waals surface area (Å²) < 4.78 is 42.6. The van der Waals surface area contributed by atoms with Crippen molar-refractivity contribution in [2.24, 2.45) is 0 Å². The first-order chi connectivity index (χ1) is 9.88. The number of aromatic nitrogens is 1. The molecule has 3 rings (SSSR count). The van der Waals surface area contributed by atoms with E-state index in [1.807, 2.05) is 0 Å². The zero-order valence-electron chi connectivity index (χ0n) is 10.6. The number of ketones is 1. The Balaban J connectivity index is 1.96. The highest BCUT2D eigenvalue weighted by Gasteiger charge is 2.34. The topological polar surface area (TPSA) is 43.1 Å². The number of benzene rings is 1. The van der Waals surface area contributed by atoms with Crippen LogP contribution in [0.15, 0.2) is 29.0 Å². The van der Waals surface area contributed by atoms with Crippen molar-refractivity contribution in [1.29, 1.82) is 0 Å². The van der Waals surface area contributed by atoms with Gasteiger partial charge < -0.3 is 4.52 Å². The van der Waals surface area contributed by atoms with Crippen LogP contribution in [0.4, 0.5) is 13.2 Å². The quantitative estimate of drug-likeness (QED) is 0.786. The summed E-state index contributed by atoms with van der Waals surface area (Å²) in [6.07, 6.45) is -1.44. The fourth-order valence-corrected chi connectivity index (χ4v) is 2.35. The molecule has 110 valence electrons. The third kappa shape index (κ3) is 2.68. The second kappa shape index (κ2) is 4.87. The van der Waals surface area contributed by atoms with Gasteiger partial charge in [-0.25, -0.2) is 0 Å². The summed E-state index contributed by atoms with van der Waals surface area (Å²) in [7, 11) is 0. The predicted molar refractivity (Wildman–Crippen MR) is 68.4 cm³/mol. The summed E-state index contributed by atoms with van der Waals surface area (Å²) in [5.41, 5.74) is -0.0679. The second-order valence-electron chi connectivity index (χ2n) is 4.91. The second-order valence-corrected chi connectivity index (χ2v) is 5.32. The van der Waals surface area contributed by atoms with Gasteiger partial charge in [0.2, 0.25) is 0 Å². The van der Waals surface area contributed by atoms with E-state index in [0.29, 0.717) is 5.69 Å². The average Bonchev–Trinajstić information content (AvgIpc) is 3.14. The van der Waals surface area contributed by atoms with Crippen molar-refractivity contribution in [2.75, 3.05) is 0 Å². The van der Waals surface area contributed by atoms with E-state index in [-0.39, 0.29) is 22.1 Å². The summed E-state index contributed by atoms with van der Waals surface area (Å²) in [6, 6.07) is 2.67. The van der Waals surface area contributed by atoms with Gasteiger partial charge >= 0.3 is 6.18 Å². The SMILES string of the molecule is O=C(c1ccc(C(F)(F)F)cc1Cl)c1conc1C1CC1. The van der Waals surface area contributed by atoms with Gasteiger partial charge in [-0.15, -0.1) is 0 Å². The normalized spacial score (nSPS) is 15.2. The van der Waals surface area contributed by atoms with Gasteiger partial charge in [-0.3, -0.25) is 4.79 Å². The lowest BCUT2D eigenvalue weighted by molar-refractivity contribution is -0.137. The van der Waals surface area contributed by atoms with Gasteiger partial charge in [0.1, 0.15) is 6.26 Å². The highest BCUT2D eigenvalue weighted by molar-refractivity contribution is 6.35. The summed E-state index contributed by atoms with van der Waals surface area (Å²) in [5.74, 6) is -0.284. The first kappa shape index (κ1) is 14.1. The molecule has 0 bridgehead atoms. The van der Waals surface area contributed by atoms with Crippen molar-refractivity contribution in [3.05, 3.63) is 51.9 Å². The van der Waals surface area contributed by atoms with Crippen LogP contribution in [0.1, 0.15) is 45.9 Å². The minimum Gasteiger partial charge on any atom is -0.364 e. The Morgan fingerprint density at radius 3 is 2.57 bits per heavy atom. The van der Waals surface area contributed by atoms with Crippen molar-refractivity contribution >= 4 is 17.4 Å². The largest absolute Gasteiger partial charge is 0.416 e. The van der Waals surface area contributed by atoms with Crippen molar-refractivity contribution in [2.45, 2.75) is 24.9 Å². The first-order valence-corrected chi connectivity index (χ1v) is 6.61. The maximum absolute atomic E-state index is 12.6. The molecule has 1 heterocycles. The lowest BCUT2D eigenvalue weighted by Crippen LogP contribution is -2.08. The number of nitrogens with zero attached hydrogens (tertiary/aromatic N) is 1. The molecule has 0 unspecified atom stereocenters. The van der Waals surface area contributed by atoms with Gasteiger partial charge in [0.15, 0.2) is 5.78 Å². The van der Waals surface area contributed by atoms with E-state index < -0.39 is 17.5 Å². The molecule has 0 atom stereocenters. The molecule has 0 N–H and O–H groups in total. The van der Waals surface area contributed by atoms with Gasteiger partial charge in [-0.05, 0) is 31.0 Å². The Bertz CT molecular complexity index is 704. The molecule has 1 aliphatic carbocycles. The van der Waals surface area contributed by atoms with Gasteiger partial charge in [0.25, 0.3) is 0 Å². The molecule has 0 saturated heterocycles. The maximum Gasteiger partial charge on any atom is 0.416 e. The lowest BCUT2D eigenvalue weighted by atomic mass is 10.0. The molecular formula is C14H9ClF3NO2. The van der Waals surface area contributed by atoms with Crippen LogP contribution in [0.25, 0.3) is 0 Å². The number of hydrogen-bond donors (Lipinski definition) is 0.